The first-order valence-electron chi connectivity index (χ1n) is 3.77. The summed E-state index contributed by atoms with van der Waals surface area (Å²) in [5.74, 6) is 0.507. The molecule has 1 aromatic carbocycles. The zero-order valence-corrected chi connectivity index (χ0v) is 8.86. The molecule has 0 aromatic heterocycles. The molecular formula is C9H10Cl2O2. The third-order valence-electron chi connectivity index (χ3n) is 1.69. The van der Waals surface area contributed by atoms with Gasteiger partial charge in [0.05, 0.1) is 18.2 Å². The van der Waals surface area contributed by atoms with Gasteiger partial charge in [0.1, 0.15) is 5.75 Å². The summed E-state index contributed by atoms with van der Waals surface area (Å²) in [5.41, 5.74) is 0.563. The molecule has 0 spiro atoms. The Bertz CT molecular complexity index is 311. The number of hydrogen-bond donors (Lipinski definition) is 1. The number of ether oxygens (including phenoxy) is 1. The van der Waals surface area contributed by atoms with Crippen molar-refractivity contribution in [2.75, 3.05) is 7.11 Å². The molecule has 1 rings (SSSR count). The average Bonchev–Trinajstić information content (AvgIpc) is 2.01. The number of rotatable bonds is 2. The maximum absolute atomic E-state index is 9.40. The summed E-state index contributed by atoms with van der Waals surface area (Å²) < 4.78 is 5.04. The first kappa shape index (κ1) is 10.6. The van der Waals surface area contributed by atoms with Gasteiger partial charge in [-0.25, -0.2) is 0 Å². The standard InChI is InChI=1S/C9H10Cl2O2/c1-5(12)9-7(11)3-6(10)4-8(9)13-2/h3-5,12H,1-2H3. The molecule has 0 aliphatic carbocycles. The van der Waals surface area contributed by atoms with Gasteiger partial charge in [0.15, 0.2) is 0 Å². The van der Waals surface area contributed by atoms with Crippen LogP contribution in [0.1, 0.15) is 18.6 Å². The lowest BCUT2D eigenvalue weighted by Gasteiger charge is -2.12. The lowest BCUT2D eigenvalue weighted by molar-refractivity contribution is 0.194. The van der Waals surface area contributed by atoms with Crippen molar-refractivity contribution >= 4 is 23.2 Å². The van der Waals surface area contributed by atoms with Crippen LogP contribution in [-0.4, -0.2) is 12.2 Å². The maximum atomic E-state index is 9.40. The van der Waals surface area contributed by atoms with E-state index >= 15 is 0 Å². The molecule has 0 aliphatic rings. The topological polar surface area (TPSA) is 29.5 Å². The number of aliphatic hydroxyl groups is 1. The molecule has 0 aliphatic heterocycles. The Labute approximate surface area is 87.0 Å². The smallest absolute Gasteiger partial charge is 0.127 e. The summed E-state index contributed by atoms with van der Waals surface area (Å²) in [6.45, 7) is 1.62. The number of halogens is 2. The molecule has 0 bridgehead atoms. The van der Waals surface area contributed by atoms with Gasteiger partial charge in [0.2, 0.25) is 0 Å². The Morgan fingerprint density at radius 3 is 2.46 bits per heavy atom. The second-order valence-corrected chi connectivity index (χ2v) is 3.52. The van der Waals surface area contributed by atoms with Gasteiger partial charge in [0.25, 0.3) is 0 Å². The van der Waals surface area contributed by atoms with Crippen LogP contribution in [0, 0.1) is 0 Å². The summed E-state index contributed by atoms with van der Waals surface area (Å²) >= 11 is 11.6. The number of aliphatic hydroxyl groups excluding tert-OH is 1. The second-order valence-electron chi connectivity index (χ2n) is 2.68. The maximum Gasteiger partial charge on any atom is 0.127 e. The second kappa shape index (κ2) is 4.18. The van der Waals surface area contributed by atoms with Crippen molar-refractivity contribution in [1.82, 2.24) is 0 Å². The van der Waals surface area contributed by atoms with Crippen LogP contribution in [0.3, 0.4) is 0 Å². The minimum absolute atomic E-state index is 0.416. The van der Waals surface area contributed by atoms with E-state index in [1.54, 1.807) is 19.1 Å². The SMILES string of the molecule is COc1cc(Cl)cc(Cl)c1C(C)O. The summed E-state index contributed by atoms with van der Waals surface area (Å²) in [6, 6.07) is 3.20. The monoisotopic (exact) mass is 220 g/mol. The highest BCUT2D eigenvalue weighted by atomic mass is 35.5. The summed E-state index contributed by atoms with van der Waals surface area (Å²) in [5, 5.41) is 10.3. The van der Waals surface area contributed by atoms with Gasteiger partial charge in [-0.15, -0.1) is 0 Å². The number of benzene rings is 1. The molecule has 1 atom stereocenters. The molecule has 4 heteroatoms. The van der Waals surface area contributed by atoms with Crippen molar-refractivity contribution in [3.05, 3.63) is 27.7 Å². The van der Waals surface area contributed by atoms with Crippen LogP contribution in [0.25, 0.3) is 0 Å². The predicted molar refractivity (Wildman–Crippen MR) is 53.6 cm³/mol. The van der Waals surface area contributed by atoms with Crippen molar-refractivity contribution < 1.29 is 9.84 Å². The van der Waals surface area contributed by atoms with Gasteiger partial charge >= 0.3 is 0 Å². The summed E-state index contributed by atoms with van der Waals surface area (Å²) in [4.78, 5) is 0. The summed E-state index contributed by atoms with van der Waals surface area (Å²) in [7, 11) is 1.51. The van der Waals surface area contributed by atoms with Gasteiger partial charge in [-0.05, 0) is 19.1 Å². The van der Waals surface area contributed by atoms with Crippen molar-refractivity contribution in [3.8, 4) is 5.75 Å². The van der Waals surface area contributed by atoms with E-state index in [1.807, 2.05) is 0 Å². The molecule has 2 nitrogen and oxygen atoms in total. The molecule has 1 aromatic rings. The molecule has 1 unspecified atom stereocenters. The Morgan fingerprint density at radius 1 is 1.38 bits per heavy atom. The van der Waals surface area contributed by atoms with Crippen LogP contribution >= 0.6 is 23.2 Å². The molecule has 1 N–H and O–H groups in total. The zero-order valence-electron chi connectivity index (χ0n) is 7.34. The predicted octanol–water partition coefficient (Wildman–Crippen LogP) is 3.06. The molecule has 0 heterocycles. The van der Waals surface area contributed by atoms with E-state index in [9.17, 15) is 5.11 Å². The minimum Gasteiger partial charge on any atom is -0.496 e. The van der Waals surface area contributed by atoms with Crippen molar-refractivity contribution in [2.24, 2.45) is 0 Å². The highest BCUT2D eigenvalue weighted by Crippen LogP contribution is 2.34. The molecule has 0 fully saturated rings. The highest BCUT2D eigenvalue weighted by Gasteiger charge is 2.13. The quantitative estimate of drug-likeness (QED) is 0.831. The Balaban J connectivity index is 3.30. The molecule has 72 valence electrons. The van der Waals surface area contributed by atoms with Crippen LogP contribution in [0.5, 0.6) is 5.75 Å². The number of hydrogen-bond acceptors (Lipinski definition) is 2. The van der Waals surface area contributed by atoms with Crippen LogP contribution in [0.4, 0.5) is 0 Å². The van der Waals surface area contributed by atoms with E-state index < -0.39 is 6.10 Å². The first-order chi connectivity index (χ1) is 6.06. The lowest BCUT2D eigenvalue weighted by Crippen LogP contribution is -1.97. The Kier molecular flexibility index (Phi) is 3.42. The number of methoxy groups -OCH3 is 1. The minimum atomic E-state index is -0.667. The fourth-order valence-corrected chi connectivity index (χ4v) is 1.77. The fraction of sp³-hybridized carbons (Fsp3) is 0.333. The van der Waals surface area contributed by atoms with E-state index in [-0.39, 0.29) is 0 Å². The highest BCUT2D eigenvalue weighted by molar-refractivity contribution is 6.35. The average molecular weight is 221 g/mol. The van der Waals surface area contributed by atoms with Crippen LogP contribution in [0.2, 0.25) is 10.0 Å². The lowest BCUT2D eigenvalue weighted by atomic mass is 10.1. The molecule has 0 amide bonds. The molecular weight excluding hydrogens is 211 g/mol. The molecule has 0 saturated heterocycles. The first-order valence-corrected chi connectivity index (χ1v) is 4.53. The van der Waals surface area contributed by atoms with Gasteiger partial charge in [0, 0.05) is 10.6 Å². The third-order valence-corrected chi connectivity index (χ3v) is 2.22. The van der Waals surface area contributed by atoms with E-state index in [0.717, 1.165) is 0 Å². The third kappa shape index (κ3) is 2.27. The van der Waals surface area contributed by atoms with Crippen LogP contribution in [-0.2, 0) is 0 Å². The van der Waals surface area contributed by atoms with Crippen LogP contribution in [0.15, 0.2) is 12.1 Å². The van der Waals surface area contributed by atoms with Crippen LogP contribution < -0.4 is 4.74 Å². The summed E-state index contributed by atoms with van der Waals surface area (Å²) in [6.07, 6.45) is -0.667. The Morgan fingerprint density at radius 2 is 2.00 bits per heavy atom. The zero-order chi connectivity index (χ0) is 10.0. The fourth-order valence-electron chi connectivity index (χ4n) is 1.14. The van der Waals surface area contributed by atoms with Crippen molar-refractivity contribution in [3.63, 3.8) is 0 Å². The van der Waals surface area contributed by atoms with E-state index in [2.05, 4.69) is 0 Å². The molecule has 0 radical (unpaired) electrons. The molecule has 13 heavy (non-hydrogen) atoms. The normalized spacial score (nSPS) is 12.7. The molecule has 0 saturated carbocycles. The van der Waals surface area contributed by atoms with Crippen molar-refractivity contribution in [1.29, 1.82) is 0 Å². The van der Waals surface area contributed by atoms with E-state index in [1.165, 1.54) is 7.11 Å². The Hall–Kier alpha value is -0.440. The van der Waals surface area contributed by atoms with Crippen molar-refractivity contribution in [2.45, 2.75) is 13.0 Å². The van der Waals surface area contributed by atoms with E-state index in [4.69, 9.17) is 27.9 Å². The van der Waals surface area contributed by atoms with Gasteiger partial charge in [-0.3, -0.25) is 0 Å². The van der Waals surface area contributed by atoms with Gasteiger partial charge in [-0.1, -0.05) is 23.2 Å². The van der Waals surface area contributed by atoms with E-state index in [0.29, 0.717) is 21.4 Å². The largest absolute Gasteiger partial charge is 0.496 e. The van der Waals surface area contributed by atoms with Gasteiger partial charge < -0.3 is 9.84 Å². The van der Waals surface area contributed by atoms with Gasteiger partial charge in [-0.2, -0.15) is 0 Å².